The largest absolute Gasteiger partial charge is 0.392 e. The number of piperidine rings is 1. The zero-order valence-corrected chi connectivity index (χ0v) is 8.45. The van der Waals surface area contributed by atoms with E-state index < -0.39 is 0 Å². The second-order valence-electron chi connectivity index (χ2n) is 4.30. The molecule has 0 amide bonds. The fraction of sp³-hybridized carbons (Fsp3) is 1.00. The van der Waals surface area contributed by atoms with Crippen molar-refractivity contribution in [1.82, 2.24) is 9.80 Å². The van der Waals surface area contributed by atoms with Crippen molar-refractivity contribution in [2.45, 2.75) is 31.9 Å². The van der Waals surface area contributed by atoms with E-state index in [0.29, 0.717) is 0 Å². The lowest BCUT2D eigenvalue weighted by molar-refractivity contribution is -0.0131. The lowest BCUT2D eigenvalue weighted by atomic mass is 10.0. The topological polar surface area (TPSA) is 26.7 Å². The Morgan fingerprint density at radius 1 is 1.31 bits per heavy atom. The van der Waals surface area contributed by atoms with Crippen LogP contribution in [-0.4, -0.2) is 59.8 Å². The van der Waals surface area contributed by atoms with Crippen molar-refractivity contribution in [1.29, 1.82) is 0 Å². The summed E-state index contributed by atoms with van der Waals surface area (Å²) in [6.45, 7) is 7.90. The van der Waals surface area contributed by atoms with Gasteiger partial charge in [0.25, 0.3) is 0 Å². The molecule has 76 valence electrons. The third-order valence-corrected chi connectivity index (χ3v) is 3.33. The fourth-order valence-corrected chi connectivity index (χ4v) is 2.35. The van der Waals surface area contributed by atoms with Crippen molar-refractivity contribution in [3.8, 4) is 0 Å². The summed E-state index contributed by atoms with van der Waals surface area (Å²) in [7, 11) is 0. The van der Waals surface area contributed by atoms with Crippen LogP contribution in [0.5, 0.6) is 0 Å². The quantitative estimate of drug-likeness (QED) is 0.661. The molecule has 13 heavy (non-hydrogen) atoms. The third-order valence-electron chi connectivity index (χ3n) is 3.33. The van der Waals surface area contributed by atoms with Crippen molar-refractivity contribution in [3.63, 3.8) is 0 Å². The van der Waals surface area contributed by atoms with Gasteiger partial charge in [0.15, 0.2) is 0 Å². The molecule has 1 unspecified atom stereocenters. The van der Waals surface area contributed by atoms with Crippen LogP contribution in [0.2, 0.25) is 0 Å². The standard InChI is InChI=1S/C10H20N2O/c1-2-11-6-9(7-11)12-5-3-4-10(13)8-12/h9-10,13H,2-8H2,1H3. The first-order valence-corrected chi connectivity index (χ1v) is 5.44. The molecule has 3 nitrogen and oxygen atoms in total. The summed E-state index contributed by atoms with van der Waals surface area (Å²) in [5.41, 5.74) is 0. The first-order chi connectivity index (χ1) is 6.29. The van der Waals surface area contributed by atoms with Crippen LogP contribution in [-0.2, 0) is 0 Å². The second-order valence-corrected chi connectivity index (χ2v) is 4.30. The van der Waals surface area contributed by atoms with E-state index in [1.165, 1.54) is 32.6 Å². The van der Waals surface area contributed by atoms with Crippen LogP contribution < -0.4 is 0 Å². The lowest BCUT2D eigenvalue weighted by Crippen LogP contribution is -2.61. The molecule has 0 aliphatic carbocycles. The van der Waals surface area contributed by atoms with Gasteiger partial charge in [0.2, 0.25) is 0 Å². The molecule has 3 heteroatoms. The maximum atomic E-state index is 9.52. The number of rotatable bonds is 2. The van der Waals surface area contributed by atoms with Crippen LogP contribution in [0.4, 0.5) is 0 Å². The Balaban J connectivity index is 1.75. The van der Waals surface area contributed by atoms with Crippen LogP contribution in [0.25, 0.3) is 0 Å². The van der Waals surface area contributed by atoms with Crippen LogP contribution in [0.15, 0.2) is 0 Å². The highest BCUT2D eigenvalue weighted by Crippen LogP contribution is 2.19. The smallest absolute Gasteiger partial charge is 0.0667 e. The monoisotopic (exact) mass is 184 g/mol. The molecule has 0 saturated carbocycles. The summed E-state index contributed by atoms with van der Waals surface area (Å²) in [5, 5.41) is 9.52. The Hall–Kier alpha value is -0.120. The molecule has 0 bridgehead atoms. The van der Waals surface area contributed by atoms with Gasteiger partial charge < -0.3 is 10.0 Å². The van der Waals surface area contributed by atoms with Gasteiger partial charge in [0.1, 0.15) is 0 Å². The average molecular weight is 184 g/mol. The molecule has 0 aromatic heterocycles. The number of likely N-dealkylation sites (N-methyl/N-ethyl adjacent to an activating group) is 1. The number of hydrogen-bond acceptors (Lipinski definition) is 3. The minimum absolute atomic E-state index is 0.0653. The molecule has 1 atom stereocenters. The van der Waals surface area contributed by atoms with E-state index in [-0.39, 0.29) is 6.10 Å². The molecule has 0 radical (unpaired) electrons. The fourth-order valence-electron chi connectivity index (χ4n) is 2.35. The Labute approximate surface area is 80.3 Å². The maximum Gasteiger partial charge on any atom is 0.0667 e. The molecule has 0 spiro atoms. The number of hydrogen-bond donors (Lipinski definition) is 1. The normalized spacial score (nSPS) is 33.2. The van der Waals surface area contributed by atoms with Gasteiger partial charge in [-0.1, -0.05) is 6.92 Å². The van der Waals surface area contributed by atoms with Crippen molar-refractivity contribution in [2.24, 2.45) is 0 Å². The van der Waals surface area contributed by atoms with E-state index in [2.05, 4.69) is 16.7 Å². The molecule has 2 aliphatic rings. The van der Waals surface area contributed by atoms with E-state index in [4.69, 9.17) is 0 Å². The predicted molar refractivity (Wildman–Crippen MR) is 52.7 cm³/mol. The highest BCUT2D eigenvalue weighted by Gasteiger charge is 2.32. The minimum Gasteiger partial charge on any atom is -0.392 e. The summed E-state index contributed by atoms with van der Waals surface area (Å²) in [6.07, 6.45) is 2.11. The van der Waals surface area contributed by atoms with Crippen LogP contribution >= 0.6 is 0 Å². The molecule has 2 aliphatic heterocycles. The summed E-state index contributed by atoms with van der Waals surface area (Å²) >= 11 is 0. The Morgan fingerprint density at radius 2 is 2.08 bits per heavy atom. The van der Waals surface area contributed by atoms with Crippen LogP contribution in [0, 0.1) is 0 Å². The van der Waals surface area contributed by atoms with E-state index in [0.717, 1.165) is 19.0 Å². The van der Waals surface area contributed by atoms with Crippen LogP contribution in [0.3, 0.4) is 0 Å². The SMILES string of the molecule is CCN1CC(N2CCCC(O)C2)C1. The molecule has 2 fully saturated rings. The Bertz CT molecular complexity index is 168. The second kappa shape index (κ2) is 3.95. The van der Waals surface area contributed by atoms with Gasteiger partial charge in [-0.05, 0) is 25.9 Å². The molecule has 0 aromatic rings. The zero-order valence-electron chi connectivity index (χ0n) is 8.45. The zero-order chi connectivity index (χ0) is 9.26. The summed E-state index contributed by atoms with van der Waals surface area (Å²) in [6, 6.07) is 0.731. The predicted octanol–water partition coefficient (Wildman–Crippen LogP) is 0.147. The van der Waals surface area contributed by atoms with Gasteiger partial charge in [-0.3, -0.25) is 4.90 Å². The first kappa shape index (κ1) is 9.44. The molecular formula is C10H20N2O. The van der Waals surface area contributed by atoms with Gasteiger partial charge >= 0.3 is 0 Å². The number of aliphatic hydroxyl groups is 1. The number of aliphatic hydroxyl groups excluding tert-OH is 1. The van der Waals surface area contributed by atoms with Gasteiger partial charge in [-0.15, -0.1) is 0 Å². The highest BCUT2D eigenvalue weighted by atomic mass is 16.3. The molecule has 2 rings (SSSR count). The van der Waals surface area contributed by atoms with Crippen molar-refractivity contribution in [3.05, 3.63) is 0 Å². The summed E-state index contributed by atoms with van der Waals surface area (Å²) in [4.78, 5) is 4.91. The van der Waals surface area contributed by atoms with E-state index in [1.807, 2.05) is 0 Å². The first-order valence-electron chi connectivity index (χ1n) is 5.44. The Morgan fingerprint density at radius 3 is 2.69 bits per heavy atom. The summed E-state index contributed by atoms with van der Waals surface area (Å²) in [5.74, 6) is 0. The van der Waals surface area contributed by atoms with Gasteiger partial charge in [-0.2, -0.15) is 0 Å². The number of likely N-dealkylation sites (tertiary alicyclic amines) is 2. The van der Waals surface area contributed by atoms with Gasteiger partial charge in [0.05, 0.1) is 6.10 Å². The number of β-amino-alcohol motifs (C(OH)–C–C–N with tert-alkyl or cyclic N) is 1. The molecule has 0 aromatic carbocycles. The van der Waals surface area contributed by atoms with E-state index in [1.54, 1.807) is 0 Å². The van der Waals surface area contributed by atoms with Crippen LogP contribution in [0.1, 0.15) is 19.8 Å². The molecular weight excluding hydrogens is 164 g/mol. The van der Waals surface area contributed by atoms with Gasteiger partial charge in [0, 0.05) is 25.7 Å². The van der Waals surface area contributed by atoms with E-state index in [9.17, 15) is 5.11 Å². The average Bonchev–Trinajstić information content (AvgIpc) is 2.02. The van der Waals surface area contributed by atoms with E-state index >= 15 is 0 Å². The maximum absolute atomic E-state index is 9.52. The summed E-state index contributed by atoms with van der Waals surface area (Å²) < 4.78 is 0. The molecule has 1 N–H and O–H groups in total. The van der Waals surface area contributed by atoms with Gasteiger partial charge in [-0.25, -0.2) is 0 Å². The number of nitrogens with zero attached hydrogens (tertiary/aromatic N) is 2. The molecule has 2 saturated heterocycles. The third kappa shape index (κ3) is 2.03. The minimum atomic E-state index is -0.0653. The van der Waals surface area contributed by atoms with Crippen molar-refractivity contribution in [2.75, 3.05) is 32.7 Å². The van der Waals surface area contributed by atoms with Crippen molar-refractivity contribution >= 4 is 0 Å². The van der Waals surface area contributed by atoms with Crippen molar-refractivity contribution < 1.29 is 5.11 Å². The lowest BCUT2D eigenvalue weighted by Gasteiger charge is -2.47. The highest BCUT2D eigenvalue weighted by molar-refractivity contribution is 4.89. The molecule has 2 heterocycles. The Kier molecular flexibility index (Phi) is 2.86.